The van der Waals surface area contributed by atoms with Gasteiger partial charge in [-0.15, -0.1) is 0 Å². The largest absolute Gasteiger partial charge is 0.371 e. The molecule has 1 aromatic heterocycles. The summed E-state index contributed by atoms with van der Waals surface area (Å²) in [7, 11) is 1.60. The molecule has 0 spiro atoms. The van der Waals surface area contributed by atoms with Gasteiger partial charge in [-0.05, 0) is 26.0 Å². The smallest absolute Gasteiger partial charge is 0.151 e. The molecule has 0 bridgehead atoms. The van der Waals surface area contributed by atoms with Crippen LogP contribution in [0.2, 0.25) is 0 Å². The molecule has 1 N–H and O–H groups in total. The Morgan fingerprint density at radius 2 is 2.13 bits per heavy atom. The molecule has 2 aromatic rings. The van der Waals surface area contributed by atoms with Crippen molar-refractivity contribution in [3.8, 4) is 0 Å². The number of nitrogens with zero attached hydrogens (tertiary/aromatic N) is 1. The Morgan fingerprint density at radius 1 is 1.40 bits per heavy atom. The van der Waals surface area contributed by atoms with Gasteiger partial charge in [0.25, 0.3) is 0 Å². The molecule has 0 aliphatic rings. The van der Waals surface area contributed by atoms with Crippen molar-refractivity contribution in [2.24, 2.45) is 0 Å². The van der Waals surface area contributed by atoms with E-state index in [1.807, 2.05) is 13.8 Å². The van der Waals surface area contributed by atoms with E-state index < -0.39 is 5.60 Å². The van der Waals surface area contributed by atoms with Crippen molar-refractivity contribution in [1.82, 2.24) is 9.97 Å². The van der Waals surface area contributed by atoms with Crippen LogP contribution in [0.25, 0.3) is 11.0 Å². The van der Waals surface area contributed by atoms with Crippen LogP contribution in [0.4, 0.5) is 4.39 Å². The molecule has 1 heterocycles. The second kappa shape index (κ2) is 3.31. The van der Waals surface area contributed by atoms with E-state index in [0.717, 1.165) is 0 Å². The fourth-order valence-corrected chi connectivity index (χ4v) is 1.38. The molecule has 2 rings (SSSR count). The van der Waals surface area contributed by atoms with Crippen molar-refractivity contribution in [2.45, 2.75) is 19.4 Å². The Morgan fingerprint density at radius 3 is 2.73 bits per heavy atom. The van der Waals surface area contributed by atoms with Crippen LogP contribution in [0, 0.1) is 5.82 Å². The number of aromatic nitrogens is 2. The maximum Gasteiger partial charge on any atom is 0.151 e. The first kappa shape index (κ1) is 10.1. The van der Waals surface area contributed by atoms with Crippen molar-refractivity contribution in [1.29, 1.82) is 0 Å². The van der Waals surface area contributed by atoms with E-state index in [1.165, 1.54) is 6.07 Å². The van der Waals surface area contributed by atoms with E-state index in [2.05, 4.69) is 9.97 Å². The second-order valence-electron chi connectivity index (χ2n) is 3.94. The third-order valence-corrected chi connectivity index (χ3v) is 2.54. The summed E-state index contributed by atoms with van der Waals surface area (Å²) >= 11 is 0. The third kappa shape index (κ3) is 1.61. The third-order valence-electron chi connectivity index (χ3n) is 2.54. The van der Waals surface area contributed by atoms with Gasteiger partial charge in [-0.1, -0.05) is 6.07 Å². The van der Waals surface area contributed by atoms with Crippen molar-refractivity contribution in [3.63, 3.8) is 0 Å². The number of fused-ring (bicyclic) bond motifs is 1. The lowest BCUT2D eigenvalue weighted by atomic mass is 10.1. The minimum absolute atomic E-state index is 0.318. The minimum Gasteiger partial charge on any atom is -0.371 e. The molecule has 15 heavy (non-hydrogen) atoms. The molecular formula is C11H13FN2O. The molecule has 0 fully saturated rings. The first-order chi connectivity index (χ1) is 7.04. The Bertz CT molecular complexity index is 490. The number of nitrogens with one attached hydrogen (secondary N) is 1. The first-order valence-corrected chi connectivity index (χ1v) is 4.74. The van der Waals surface area contributed by atoms with Crippen LogP contribution < -0.4 is 0 Å². The number of methoxy groups -OCH3 is 1. The van der Waals surface area contributed by atoms with Gasteiger partial charge in [-0.25, -0.2) is 9.37 Å². The predicted molar refractivity (Wildman–Crippen MR) is 56.1 cm³/mol. The fourth-order valence-electron chi connectivity index (χ4n) is 1.38. The van der Waals surface area contributed by atoms with Gasteiger partial charge in [0.15, 0.2) is 5.82 Å². The zero-order valence-electron chi connectivity index (χ0n) is 8.97. The van der Waals surface area contributed by atoms with E-state index in [1.54, 1.807) is 19.2 Å². The van der Waals surface area contributed by atoms with E-state index in [4.69, 9.17) is 4.74 Å². The molecule has 3 nitrogen and oxygen atoms in total. The number of rotatable bonds is 2. The number of aromatic amines is 1. The lowest BCUT2D eigenvalue weighted by molar-refractivity contribution is 0.0124. The Hall–Kier alpha value is -1.42. The highest BCUT2D eigenvalue weighted by Gasteiger charge is 2.24. The lowest BCUT2D eigenvalue weighted by Gasteiger charge is -2.19. The summed E-state index contributed by atoms with van der Waals surface area (Å²) in [4.78, 5) is 7.25. The monoisotopic (exact) mass is 208 g/mol. The molecule has 80 valence electrons. The molecule has 4 heteroatoms. The van der Waals surface area contributed by atoms with Crippen molar-refractivity contribution in [3.05, 3.63) is 29.8 Å². The first-order valence-electron chi connectivity index (χ1n) is 4.74. The van der Waals surface area contributed by atoms with Crippen LogP contribution in [-0.2, 0) is 10.3 Å². The highest BCUT2D eigenvalue weighted by Crippen LogP contribution is 2.24. The predicted octanol–water partition coefficient (Wildman–Crippen LogP) is 2.58. The van der Waals surface area contributed by atoms with E-state index in [-0.39, 0.29) is 5.82 Å². The highest BCUT2D eigenvalue weighted by molar-refractivity contribution is 5.75. The molecule has 0 saturated heterocycles. The minimum atomic E-state index is -0.536. The Balaban J connectivity index is 2.62. The topological polar surface area (TPSA) is 37.9 Å². The summed E-state index contributed by atoms with van der Waals surface area (Å²) in [6, 6.07) is 4.84. The average molecular weight is 208 g/mol. The average Bonchev–Trinajstić information content (AvgIpc) is 2.64. The van der Waals surface area contributed by atoms with Gasteiger partial charge in [0.05, 0.1) is 5.52 Å². The molecular weight excluding hydrogens is 195 g/mol. The normalized spacial score (nSPS) is 12.3. The number of halogens is 1. The zero-order chi connectivity index (χ0) is 11.1. The maximum atomic E-state index is 13.4. The van der Waals surface area contributed by atoms with Crippen molar-refractivity contribution in [2.75, 3.05) is 7.11 Å². The summed E-state index contributed by atoms with van der Waals surface area (Å²) < 4.78 is 18.6. The van der Waals surface area contributed by atoms with Crippen LogP contribution in [-0.4, -0.2) is 17.1 Å². The quantitative estimate of drug-likeness (QED) is 0.823. The molecule has 0 saturated carbocycles. The molecule has 0 radical (unpaired) electrons. The number of ether oxygens (including phenoxy) is 1. The molecule has 0 atom stereocenters. The SMILES string of the molecule is COC(C)(C)c1nc2c(F)cccc2[nH]1. The molecule has 0 unspecified atom stereocenters. The zero-order valence-corrected chi connectivity index (χ0v) is 8.97. The van der Waals surface area contributed by atoms with Gasteiger partial charge >= 0.3 is 0 Å². The van der Waals surface area contributed by atoms with Crippen molar-refractivity contribution < 1.29 is 9.13 Å². The van der Waals surface area contributed by atoms with Crippen LogP contribution in [0.1, 0.15) is 19.7 Å². The van der Waals surface area contributed by atoms with Crippen LogP contribution in [0.15, 0.2) is 18.2 Å². The number of para-hydroxylation sites is 1. The number of imidazole rings is 1. The Kier molecular flexibility index (Phi) is 2.23. The number of hydrogen-bond donors (Lipinski definition) is 1. The van der Waals surface area contributed by atoms with Crippen LogP contribution in [0.5, 0.6) is 0 Å². The number of hydrogen-bond acceptors (Lipinski definition) is 2. The summed E-state index contributed by atoms with van der Waals surface area (Å²) in [6.07, 6.45) is 0. The summed E-state index contributed by atoms with van der Waals surface area (Å²) in [5.41, 5.74) is 0.513. The molecule has 0 aliphatic heterocycles. The lowest BCUT2D eigenvalue weighted by Crippen LogP contribution is -2.21. The second-order valence-corrected chi connectivity index (χ2v) is 3.94. The molecule has 0 amide bonds. The van der Waals surface area contributed by atoms with Gasteiger partial charge in [0.1, 0.15) is 16.9 Å². The molecule has 1 aromatic carbocycles. The van der Waals surface area contributed by atoms with E-state index >= 15 is 0 Å². The summed E-state index contributed by atoms with van der Waals surface area (Å²) in [5, 5.41) is 0. The van der Waals surface area contributed by atoms with Crippen LogP contribution in [0.3, 0.4) is 0 Å². The van der Waals surface area contributed by atoms with Gasteiger partial charge in [0.2, 0.25) is 0 Å². The Labute approximate surface area is 87.3 Å². The maximum absolute atomic E-state index is 13.4. The van der Waals surface area contributed by atoms with Crippen LogP contribution >= 0.6 is 0 Å². The van der Waals surface area contributed by atoms with E-state index in [0.29, 0.717) is 16.9 Å². The van der Waals surface area contributed by atoms with Gasteiger partial charge in [-0.2, -0.15) is 0 Å². The fraction of sp³-hybridized carbons (Fsp3) is 0.364. The van der Waals surface area contributed by atoms with E-state index in [9.17, 15) is 4.39 Å². The van der Waals surface area contributed by atoms with Crippen molar-refractivity contribution >= 4 is 11.0 Å². The van der Waals surface area contributed by atoms with Gasteiger partial charge in [0, 0.05) is 7.11 Å². The highest BCUT2D eigenvalue weighted by atomic mass is 19.1. The molecule has 0 aliphatic carbocycles. The summed E-state index contributed by atoms with van der Waals surface area (Å²) in [5.74, 6) is 0.312. The summed E-state index contributed by atoms with van der Waals surface area (Å²) in [6.45, 7) is 3.76. The van der Waals surface area contributed by atoms with Gasteiger partial charge < -0.3 is 9.72 Å². The number of H-pyrrole nitrogens is 1. The number of benzene rings is 1. The van der Waals surface area contributed by atoms with Gasteiger partial charge in [-0.3, -0.25) is 0 Å². The standard InChI is InChI=1S/C11H13FN2O/c1-11(2,15-3)10-13-8-6-4-5-7(12)9(8)14-10/h4-6H,1-3H3,(H,13,14).